The van der Waals surface area contributed by atoms with E-state index in [9.17, 15) is 4.79 Å². The molecule has 23 heavy (non-hydrogen) atoms. The lowest BCUT2D eigenvalue weighted by Gasteiger charge is -2.49. The van der Waals surface area contributed by atoms with Crippen LogP contribution in [0.1, 0.15) is 19.4 Å². The Hall–Kier alpha value is -1.53. The third-order valence-electron chi connectivity index (χ3n) is 4.06. The zero-order chi connectivity index (χ0) is 16.3. The van der Waals surface area contributed by atoms with Gasteiger partial charge < -0.3 is 18.9 Å². The molecule has 5 nitrogen and oxygen atoms in total. The molecule has 3 saturated heterocycles. The van der Waals surface area contributed by atoms with Crippen LogP contribution in [-0.2, 0) is 30.3 Å². The molecule has 3 aliphatic rings. The van der Waals surface area contributed by atoms with E-state index in [-0.39, 0.29) is 11.2 Å². The first-order valence-electron chi connectivity index (χ1n) is 7.81. The second kappa shape index (κ2) is 6.53. The molecule has 0 aromatic heterocycles. The summed E-state index contributed by atoms with van der Waals surface area (Å²) < 4.78 is 22.4. The molecular formula is C18H22O5. The minimum Gasteiger partial charge on any atom is -0.366 e. The number of ether oxygens (including phenoxy) is 4. The fourth-order valence-corrected chi connectivity index (χ4v) is 2.42. The lowest BCUT2D eigenvalue weighted by Crippen LogP contribution is -2.58. The fraction of sp³-hybridized carbons (Fsp3) is 0.500. The van der Waals surface area contributed by atoms with Crippen LogP contribution >= 0.6 is 0 Å². The number of hydrogen-bond donors (Lipinski definition) is 0. The molecule has 5 heteroatoms. The van der Waals surface area contributed by atoms with E-state index in [4.69, 9.17) is 18.9 Å². The normalized spacial score (nSPS) is 31.4. The highest BCUT2D eigenvalue weighted by atomic mass is 16.9. The molecule has 0 aliphatic carbocycles. The maximum absolute atomic E-state index is 12.2. The molecule has 0 saturated carbocycles. The van der Waals surface area contributed by atoms with Gasteiger partial charge in [0.25, 0.3) is 0 Å². The van der Waals surface area contributed by atoms with Crippen LogP contribution in [0.15, 0.2) is 42.5 Å². The number of rotatable bonds is 6. The van der Waals surface area contributed by atoms with Crippen molar-refractivity contribution in [2.45, 2.75) is 32.5 Å². The Bertz CT molecular complexity index is 556. The van der Waals surface area contributed by atoms with Crippen molar-refractivity contribution in [3.8, 4) is 0 Å². The summed E-state index contributed by atoms with van der Waals surface area (Å²) in [4.78, 5) is 12.2. The van der Waals surface area contributed by atoms with Gasteiger partial charge in [0.05, 0.1) is 26.4 Å². The first-order valence-corrected chi connectivity index (χ1v) is 7.81. The van der Waals surface area contributed by atoms with Crippen molar-refractivity contribution >= 4 is 5.78 Å². The molecule has 3 fully saturated rings. The molecule has 3 aliphatic heterocycles. The van der Waals surface area contributed by atoms with Crippen LogP contribution in [0.4, 0.5) is 0 Å². The largest absolute Gasteiger partial charge is 0.366 e. The molecule has 3 heterocycles. The number of benzene rings is 1. The maximum Gasteiger partial charge on any atom is 0.305 e. The highest BCUT2D eigenvalue weighted by molar-refractivity contribution is 5.93. The van der Waals surface area contributed by atoms with Crippen molar-refractivity contribution in [1.29, 1.82) is 0 Å². The second-order valence-corrected chi connectivity index (χ2v) is 6.45. The second-order valence-electron chi connectivity index (χ2n) is 6.45. The lowest BCUT2D eigenvalue weighted by molar-refractivity contribution is -0.441. The minimum atomic E-state index is -1.22. The highest BCUT2D eigenvalue weighted by Gasteiger charge is 2.49. The van der Waals surface area contributed by atoms with E-state index in [2.05, 4.69) is 0 Å². The Morgan fingerprint density at radius 1 is 1.22 bits per heavy atom. The summed E-state index contributed by atoms with van der Waals surface area (Å²) in [5, 5.41) is 0. The number of carbonyl (C=O) groups is 1. The van der Waals surface area contributed by atoms with Gasteiger partial charge in [-0.25, -0.2) is 0 Å². The molecule has 4 rings (SSSR count). The highest BCUT2D eigenvalue weighted by Crippen LogP contribution is 2.38. The Labute approximate surface area is 136 Å². The van der Waals surface area contributed by atoms with Crippen molar-refractivity contribution in [1.82, 2.24) is 0 Å². The van der Waals surface area contributed by atoms with Crippen LogP contribution in [0, 0.1) is 5.41 Å². The van der Waals surface area contributed by atoms with E-state index < -0.39 is 12.1 Å². The standard InChI is InChI=1S/C18H22O5/c1-14(20-10-15-6-4-3-5-7-15)16(19)8-9-18-21-11-17(2,12-22-18)13-23-18/h3-9,14H,10-13H2,1-2H3/b9-8+/t14-,17?,18?/m0/s1. The average molecular weight is 318 g/mol. The smallest absolute Gasteiger partial charge is 0.305 e. The number of fused-ring (bicyclic) bond motifs is 3. The fourth-order valence-electron chi connectivity index (χ4n) is 2.42. The molecule has 0 N–H and O–H groups in total. The van der Waals surface area contributed by atoms with E-state index in [0.717, 1.165) is 5.56 Å². The van der Waals surface area contributed by atoms with Crippen molar-refractivity contribution < 1.29 is 23.7 Å². The molecule has 1 atom stereocenters. The topological polar surface area (TPSA) is 54.0 Å². The molecular weight excluding hydrogens is 296 g/mol. The molecule has 1 aromatic carbocycles. The van der Waals surface area contributed by atoms with Gasteiger partial charge in [-0.2, -0.15) is 0 Å². The summed E-state index contributed by atoms with van der Waals surface area (Å²) in [6, 6.07) is 9.75. The molecule has 0 amide bonds. The van der Waals surface area contributed by atoms with Crippen LogP contribution in [0.3, 0.4) is 0 Å². The lowest BCUT2D eigenvalue weighted by atomic mass is 9.92. The van der Waals surface area contributed by atoms with Crippen LogP contribution in [0.5, 0.6) is 0 Å². The van der Waals surface area contributed by atoms with Crippen LogP contribution in [0.2, 0.25) is 0 Å². The van der Waals surface area contributed by atoms with Gasteiger partial charge in [0.15, 0.2) is 5.78 Å². The quantitative estimate of drug-likeness (QED) is 0.754. The minimum absolute atomic E-state index is 0.0916. The van der Waals surface area contributed by atoms with Crippen molar-refractivity contribution in [2.75, 3.05) is 19.8 Å². The summed E-state index contributed by atoms with van der Waals surface area (Å²) in [5.74, 6) is -1.36. The van der Waals surface area contributed by atoms with Crippen molar-refractivity contribution in [3.05, 3.63) is 48.0 Å². The predicted molar refractivity (Wildman–Crippen MR) is 83.5 cm³/mol. The van der Waals surface area contributed by atoms with Gasteiger partial charge in [-0.05, 0) is 18.6 Å². The Balaban J connectivity index is 1.52. The maximum atomic E-state index is 12.2. The molecule has 0 unspecified atom stereocenters. The van der Waals surface area contributed by atoms with Crippen molar-refractivity contribution in [3.63, 3.8) is 0 Å². The number of hydrogen-bond acceptors (Lipinski definition) is 5. The van der Waals surface area contributed by atoms with Gasteiger partial charge in [-0.1, -0.05) is 37.3 Å². The summed E-state index contributed by atoms with van der Waals surface area (Å²) >= 11 is 0. The Kier molecular flexibility index (Phi) is 4.64. The van der Waals surface area contributed by atoms with E-state index >= 15 is 0 Å². The van der Waals surface area contributed by atoms with Gasteiger partial charge in [0, 0.05) is 11.5 Å². The molecule has 0 spiro atoms. The first kappa shape index (κ1) is 16.3. The average Bonchev–Trinajstić information content (AvgIpc) is 2.60. The van der Waals surface area contributed by atoms with Gasteiger partial charge in [0.1, 0.15) is 6.10 Å². The summed E-state index contributed by atoms with van der Waals surface area (Å²) in [6.45, 7) is 5.86. The van der Waals surface area contributed by atoms with Gasteiger partial charge in [-0.3, -0.25) is 4.79 Å². The third-order valence-corrected chi connectivity index (χ3v) is 4.06. The van der Waals surface area contributed by atoms with E-state index in [1.54, 1.807) is 6.92 Å². The van der Waals surface area contributed by atoms with Gasteiger partial charge >= 0.3 is 5.97 Å². The van der Waals surface area contributed by atoms with E-state index in [1.165, 1.54) is 12.2 Å². The zero-order valence-corrected chi connectivity index (χ0v) is 13.5. The molecule has 0 radical (unpaired) electrons. The monoisotopic (exact) mass is 318 g/mol. The third kappa shape index (κ3) is 3.87. The Morgan fingerprint density at radius 2 is 1.83 bits per heavy atom. The van der Waals surface area contributed by atoms with Crippen molar-refractivity contribution in [2.24, 2.45) is 5.41 Å². The van der Waals surface area contributed by atoms with Crippen LogP contribution in [0.25, 0.3) is 0 Å². The Morgan fingerprint density at radius 3 is 2.43 bits per heavy atom. The van der Waals surface area contributed by atoms with Gasteiger partial charge in [0.2, 0.25) is 0 Å². The van der Waals surface area contributed by atoms with E-state index in [1.807, 2.05) is 37.3 Å². The van der Waals surface area contributed by atoms with Crippen LogP contribution in [-0.4, -0.2) is 37.7 Å². The molecule has 124 valence electrons. The first-order chi connectivity index (χ1) is 11.0. The molecule has 1 aromatic rings. The zero-order valence-electron chi connectivity index (χ0n) is 13.5. The SMILES string of the molecule is C[C@H](OCc1ccccc1)C(=O)/C=C/C12OCC(C)(CO1)CO2. The number of carbonyl (C=O) groups excluding carboxylic acids is 1. The molecule has 2 bridgehead atoms. The summed E-state index contributed by atoms with van der Waals surface area (Å²) in [7, 11) is 0. The number of ketones is 1. The van der Waals surface area contributed by atoms with Crippen LogP contribution < -0.4 is 0 Å². The summed E-state index contributed by atoms with van der Waals surface area (Å²) in [6.07, 6.45) is 2.42. The van der Waals surface area contributed by atoms with Gasteiger partial charge in [-0.15, -0.1) is 0 Å². The predicted octanol–water partition coefficient (Wildman–Crippen LogP) is 2.45. The summed E-state index contributed by atoms with van der Waals surface area (Å²) in [5.41, 5.74) is 0.940. The van der Waals surface area contributed by atoms with E-state index in [0.29, 0.717) is 26.4 Å².